The molecule has 0 aromatic heterocycles. The number of carbonyl (C=O) groups excluding carboxylic acids is 1. The van der Waals surface area contributed by atoms with E-state index in [-0.39, 0.29) is 17.9 Å². The van der Waals surface area contributed by atoms with Gasteiger partial charge < -0.3 is 14.9 Å². The number of rotatable bonds is 2. The first kappa shape index (κ1) is 12.8. The quantitative estimate of drug-likeness (QED) is 0.774. The third-order valence-corrected chi connectivity index (χ3v) is 4.10. The van der Waals surface area contributed by atoms with Gasteiger partial charge >= 0.3 is 0 Å². The van der Waals surface area contributed by atoms with Crippen molar-refractivity contribution in [3.63, 3.8) is 0 Å². The SMILES string of the molecule is CC(F)CN1C(=O)CC2(CCN(C)CC2)C1O. The van der Waals surface area contributed by atoms with Crippen molar-refractivity contribution in [2.75, 3.05) is 26.7 Å². The number of amides is 1. The molecule has 0 bridgehead atoms. The minimum Gasteiger partial charge on any atom is -0.373 e. The molecule has 2 unspecified atom stereocenters. The van der Waals surface area contributed by atoms with Crippen LogP contribution in [0.2, 0.25) is 0 Å². The number of piperidine rings is 1. The highest BCUT2D eigenvalue weighted by atomic mass is 19.1. The average Bonchev–Trinajstić information content (AvgIpc) is 2.48. The van der Waals surface area contributed by atoms with E-state index in [0.29, 0.717) is 6.42 Å². The van der Waals surface area contributed by atoms with E-state index in [0.717, 1.165) is 25.9 Å². The van der Waals surface area contributed by atoms with Gasteiger partial charge in [0, 0.05) is 11.8 Å². The third kappa shape index (κ3) is 2.31. The Bertz CT molecular complexity index is 301. The molecule has 0 aliphatic carbocycles. The summed E-state index contributed by atoms with van der Waals surface area (Å²) in [5.41, 5.74) is -0.335. The van der Waals surface area contributed by atoms with Gasteiger partial charge in [-0.1, -0.05) is 0 Å². The molecule has 5 heteroatoms. The molecular weight excluding hydrogens is 223 g/mol. The highest BCUT2D eigenvalue weighted by Gasteiger charge is 2.51. The standard InChI is InChI=1S/C12H21FN2O2/c1-9(13)8-15-10(16)7-12(11(15)17)3-5-14(2)6-4-12/h9,11,17H,3-8H2,1-2H3. The monoisotopic (exact) mass is 244 g/mol. The van der Waals surface area contributed by atoms with Gasteiger partial charge in [0.05, 0.1) is 6.54 Å². The summed E-state index contributed by atoms with van der Waals surface area (Å²) in [7, 11) is 2.04. The van der Waals surface area contributed by atoms with Crippen molar-refractivity contribution in [1.82, 2.24) is 9.80 Å². The summed E-state index contributed by atoms with van der Waals surface area (Å²) in [6.45, 7) is 3.21. The van der Waals surface area contributed by atoms with Crippen LogP contribution in [0.1, 0.15) is 26.2 Å². The molecule has 2 rings (SSSR count). The maximum Gasteiger partial charge on any atom is 0.225 e. The van der Waals surface area contributed by atoms with Crippen molar-refractivity contribution in [2.45, 2.75) is 38.6 Å². The fraction of sp³-hybridized carbons (Fsp3) is 0.917. The van der Waals surface area contributed by atoms with Crippen LogP contribution in [0.4, 0.5) is 4.39 Å². The largest absolute Gasteiger partial charge is 0.373 e. The van der Waals surface area contributed by atoms with E-state index in [1.807, 2.05) is 7.05 Å². The molecule has 4 nitrogen and oxygen atoms in total. The smallest absolute Gasteiger partial charge is 0.225 e. The lowest BCUT2D eigenvalue weighted by Gasteiger charge is -2.40. The average molecular weight is 244 g/mol. The van der Waals surface area contributed by atoms with Crippen molar-refractivity contribution in [3.8, 4) is 0 Å². The van der Waals surface area contributed by atoms with E-state index in [9.17, 15) is 14.3 Å². The third-order valence-electron chi connectivity index (χ3n) is 4.10. The van der Waals surface area contributed by atoms with Crippen LogP contribution in [0.5, 0.6) is 0 Å². The van der Waals surface area contributed by atoms with Crippen LogP contribution in [-0.4, -0.2) is 59.9 Å². The van der Waals surface area contributed by atoms with Crippen molar-refractivity contribution < 1.29 is 14.3 Å². The molecule has 0 aromatic carbocycles. The van der Waals surface area contributed by atoms with Gasteiger partial charge in [0.25, 0.3) is 0 Å². The Morgan fingerprint density at radius 3 is 2.65 bits per heavy atom. The van der Waals surface area contributed by atoms with Crippen molar-refractivity contribution in [2.24, 2.45) is 5.41 Å². The first-order valence-corrected chi connectivity index (χ1v) is 6.25. The highest BCUT2D eigenvalue weighted by Crippen LogP contribution is 2.44. The minimum absolute atomic E-state index is 0.0115. The number of alkyl halides is 1. The summed E-state index contributed by atoms with van der Waals surface area (Å²) < 4.78 is 13.0. The number of nitrogens with zero attached hydrogens (tertiary/aromatic N) is 2. The molecule has 17 heavy (non-hydrogen) atoms. The zero-order valence-corrected chi connectivity index (χ0v) is 10.5. The molecular formula is C12H21FN2O2. The lowest BCUT2D eigenvalue weighted by Crippen LogP contribution is -2.47. The van der Waals surface area contributed by atoms with Crippen molar-refractivity contribution in [3.05, 3.63) is 0 Å². The van der Waals surface area contributed by atoms with Gasteiger partial charge in [-0.3, -0.25) is 4.79 Å². The van der Waals surface area contributed by atoms with Crippen LogP contribution in [0.25, 0.3) is 0 Å². The zero-order chi connectivity index (χ0) is 12.6. The Balaban J connectivity index is 2.09. The molecule has 2 saturated heterocycles. The van der Waals surface area contributed by atoms with Gasteiger partial charge in [-0.2, -0.15) is 0 Å². The molecule has 0 saturated carbocycles. The van der Waals surface area contributed by atoms with E-state index < -0.39 is 12.4 Å². The van der Waals surface area contributed by atoms with Gasteiger partial charge in [-0.15, -0.1) is 0 Å². The van der Waals surface area contributed by atoms with E-state index in [1.54, 1.807) is 0 Å². The van der Waals surface area contributed by atoms with Gasteiger partial charge in [0.2, 0.25) is 5.91 Å². The van der Waals surface area contributed by atoms with Crippen LogP contribution in [0.3, 0.4) is 0 Å². The first-order valence-electron chi connectivity index (χ1n) is 6.25. The summed E-state index contributed by atoms with van der Waals surface area (Å²) in [6.07, 6.45) is 0.104. The second-order valence-corrected chi connectivity index (χ2v) is 5.54. The van der Waals surface area contributed by atoms with Crippen LogP contribution in [0.15, 0.2) is 0 Å². The van der Waals surface area contributed by atoms with Crippen molar-refractivity contribution in [1.29, 1.82) is 0 Å². The predicted octanol–water partition coefficient (Wildman–Crippen LogP) is 0.607. The fourth-order valence-corrected chi connectivity index (χ4v) is 2.93. The molecule has 1 spiro atoms. The Morgan fingerprint density at radius 1 is 1.53 bits per heavy atom. The van der Waals surface area contributed by atoms with E-state index in [4.69, 9.17) is 0 Å². The Labute approximate surface area is 101 Å². The Hall–Kier alpha value is -0.680. The topological polar surface area (TPSA) is 43.8 Å². The number of hydrogen-bond acceptors (Lipinski definition) is 3. The van der Waals surface area contributed by atoms with Crippen LogP contribution in [0, 0.1) is 5.41 Å². The number of likely N-dealkylation sites (tertiary alicyclic amines) is 2. The predicted molar refractivity (Wildman–Crippen MR) is 62.1 cm³/mol. The second-order valence-electron chi connectivity index (χ2n) is 5.54. The van der Waals surface area contributed by atoms with E-state index in [1.165, 1.54) is 11.8 Å². The minimum atomic E-state index is -1.09. The molecule has 0 radical (unpaired) electrons. The number of aliphatic hydroxyl groups is 1. The molecule has 98 valence electrons. The van der Waals surface area contributed by atoms with Gasteiger partial charge in [0.1, 0.15) is 12.4 Å². The van der Waals surface area contributed by atoms with E-state index >= 15 is 0 Å². The molecule has 2 aliphatic heterocycles. The number of aliphatic hydroxyl groups excluding tert-OH is 1. The van der Waals surface area contributed by atoms with Crippen LogP contribution < -0.4 is 0 Å². The number of carbonyl (C=O) groups is 1. The molecule has 1 amide bonds. The van der Waals surface area contributed by atoms with Gasteiger partial charge in [0.15, 0.2) is 0 Å². The van der Waals surface area contributed by atoms with Crippen molar-refractivity contribution >= 4 is 5.91 Å². The lowest BCUT2D eigenvalue weighted by atomic mass is 9.76. The van der Waals surface area contributed by atoms with E-state index in [2.05, 4.69) is 4.90 Å². The normalized spacial score (nSPS) is 31.2. The first-order chi connectivity index (χ1) is 7.94. The zero-order valence-electron chi connectivity index (χ0n) is 10.5. The second kappa shape index (κ2) is 4.53. The summed E-state index contributed by atoms with van der Waals surface area (Å²) in [5, 5.41) is 10.3. The molecule has 0 aromatic rings. The molecule has 1 N–H and O–H groups in total. The summed E-state index contributed by atoms with van der Waals surface area (Å²) in [5.74, 6) is -0.105. The van der Waals surface area contributed by atoms with Gasteiger partial charge in [-0.05, 0) is 39.9 Å². The van der Waals surface area contributed by atoms with Crippen LogP contribution >= 0.6 is 0 Å². The maximum absolute atomic E-state index is 13.0. The number of halogens is 1. The van der Waals surface area contributed by atoms with Gasteiger partial charge in [-0.25, -0.2) is 4.39 Å². The molecule has 2 fully saturated rings. The maximum atomic E-state index is 13.0. The summed E-state index contributed by atoms with van der Waals surface area (Å²) >= 11 is 0. The Kier molecular flexibility index (Phi) is 3.41. The molecule has 2 atom stereocenters. The number of hydrogen-bond donors (Lipinski definition) is 1. The molecule has 2 aliphatic rings. The van der Waals surface area contributed by atoms with Crippen LogP contribution in [-0.2, 0) is 4.79 Å². The fourth-order valence-electron chi connectivity index (χ4n) is 2.93. The lowest BCUT2D eigenvalue weighted by molar-refractivity contribution is -0.136. The highest BCUT2D eigenvalue weighted by molar-refractivity contribution is 5.80. The summed E-state index contributed by atoms with van der Waals surface area (Å²) in [4.78, 5) is 15.4. The Morgan fingerprint density at radius 2 is 2.12 bits per heavy atom. The summed E-state index contributed by atoms with van der Waals surface area (Å²) in [6, 6.07) is 0. The molecule has 2 heterocycles.